The minimum atomic E-state index is -0.389. The Bertz CT molecular complexity index is 838. The van der Waals surface area contributed by atoms with Crippen LogP contribution in [0.25, 0.3) is 11.0 Å². The van der Waals surface area contributed by atoms with E-state index < -0.39 is 0 Å². The van der Waals surface area contributed by atoms with Crippen molar-refractivity contribution in [2.45, 2.75) is 0 Å². The maximum absolute atomic E-state index is 11.9. The first-order chi connectivity index (χ1) is 9.72. The van der Waals surface area contributed by atoms with Crippen LogP contribution in [0.15, 0.2) is 73.3 Å². The summed E-state index contributed by atoms with van der Waals surface area (Å²) in [4.78, 5) is 16.1. The van der Waals surface area contributed by atoms with Crippen molar-refractivity contribution < 1.29 is 4.42 Å². The molecular weight excluding hydrogens is 318 g/mol. The molecule has 0 radical (unpaired) electrons. The third kappa shape index (κ3) is 2.70. The molecule has 4 heteroatoms. The third-order valence-corrected chi connectivity index (χ3v) is 3.32. The number of halogens is 1. The lowest BCUT2D eigenvalue weighted by molar-refractivity contribution is 0.560. The van der Waals surface area contributed by atoms with Crippen molar-refractivity contribution in [2.24, 2.45) is 4.99 Å². The number of hydrogen-bond acceptors (Lipinski definition) is 3. The molecule has 0 saturated heterocycles. The van der Waals surface area contributed by atoms with Crippen molar-refractivity contribution in [1.82, 2.24) is 0 Å². The molecule has 0 aliphatic carbocycles. The first-order valence-corrected chi connectivity index (χ1v) is 6.84. The van der Waals surface area contributed by atoms with E-state index in [1.807, 2.05) is 42.5 Å². The minimum absolute atomic E-state index is 0.389. The zero-order valence-electron chi connectivity index (χ0n) is 10.4. The molecule has 0 amide bonds. The summed E-state index contributed by atoms with van der Waals surface area (Å²) in [6.45, 7) is 0. The summed E-state index contributed by atoms with van der Waals surface area (Å²) in [6, 6.07) is 16.7. The molecule has 0 aliphatic heterocycles. The molecule has 20 heavy (non-hydrogen) atoms. The zero-order valence-corrected chi connectivity index (χ0v) is 12.0. The fourth-order valence-corrected chi connectivity index (χ4v) is 2.24. The fourth-order valence-electron chi connectivity index (χ4n) is 1.86. The maximum atomic E-state index is 11.9. The molecule has 0 N–H and O–H groups in total. The molecular formula is C16H10BrNO2. The first kappa shape index (κ1) is 12.8. The van der Waals surface area contributed by atoms with Crippen molar-refractivity contribution in [3.63, 3.8) is 0 Å². The molecule has 0 fully saturated rings. The summed E-state index contributed by atoms with van der Waals surface area (Å²) < 4.78 is 6.20. The second kappa shape index (κ2) is 5.43. The van der Waals surface area contributed by atoms with Gasteiger partial charge in [-0.3, -0.25) is 4.99 Å². The minimum Gasteiger partial charge on any atom is -0.422 e. The Morgan fingerprint density at radius 2 is 1.85 bits per heavy atom. The van der Waals surface area contributed by atoms with Crippen molar-refractivity contribution in [3.8, 4) is 0 Å². The molecule has 0 aliphatic rings. The van der Waals surface area contributed by atoms with Gasteiger partial charge in [0, 0.05) is 16.1 Å². The van der Waals surface area contributed by atoms with Crippen LogP contribution in [0.4, 0.5) is 5.69 Å². The number of aliphatic imine (C=N–C) groups is 1. The van der Waals surface area contributed by atoms with Crippen LogP contribution in [0.3, 0.4) is 0 Å². The molecule has 0 bridgehead atoms. The van der Waals surface area contributed by atoms with E-state index in [0.717, 1.165) is 15.5 Å². The van der Waals surface area contributed by atoms with Crippen LogP contribution < -0.4 is 5.63 Å². The van der Waals surface area contributed by atoms with Gasteiger partial charge in [-0.1, -0.05) is 34.1 Å². The van der Waals surface area contributed by atoms with Crippen LogP contribution in [-0.2, 0) is 0 Å². The van der Waals surface area contributed by atoms with Gasteiger partial charge in [0.25, 0.3) is 0 Å². The predicted molar refractivity (Wildman–Crippen MR) is 83.9 cm³/mol. The standard InChI is InChI=1S/C16H10BrNO2/c17-13-6-7-15-11(9-13)8-12(16(19)20-15)10-18-14-4-2-1-3-5-14/h1-10H. The highest BCUT2D eigenvalue weighted by Gasteiger charge is 2.03. The second-order valence-corrected chi connectivity index (χ2v) is 5.18. The Balaban J connectivity index is 2.05. The van der Waals surface area contributed by atoms with Crippen molar-refractivity contribution in [3.05, 3.63) is 75.1 Å². The summed E-state index contributed by atoms with van der Waals surface area (Å²) >= 11 is 3.40. The van der Waals surface area contributed by atoms with E-state index in [-0.39, 0.29) is 5.63 Å². The zero-order chi connectivity index (χ0) is 13.9. The van der Waals surface area contributed by atoms with E-state index in [9.17, 15) is 4.79 Å². The van der Waals surface area contributed by atoms with Crippen LogP contribution in [-0.4, -0.2) is 6.21 Å². The molecule has 98 valence electrons. The Morgan fingerprint density at radius 1 is 1.05 bits per heavy atom. The van der Waals surface area contributed by atoms with Crippen LogP contribution in [0.1, 0.15) is 5.56 Å². The molecule has 1 aromatic heterocycles. The predicted octanol–water partition coefficient (Wildman–Crippen LogP) is 4.31. The summed E-state index contributed by atoms with van der Waals surface area (Å²) in [7, 11) is 0. The van der Waals surface area contributed by atoms with Crippen molar-refractivity contribution in [1.29, 1.82) is 0 Å². The lowest BCUT2D eigenvalue weighted by Gasteiger charge is -1.99. The maximum Gasteiger partial charge on any atom is 0.345 e. The molecule has 2 aromatic carbocycles. The van der Waals surface area contributed by atoms with E-state index in [0.29, 0.717) is 11.1 Å². The summed E-state index contributed by atoms with van der Waals surface area (Å²) in [5.74, 6) is 0. The van der Waals surface area contributed by atoms with Crippen molar-refractivity contribution >= 4 is 38.8 Å². The summed E-state index contributed by atoms with van der Waals surface area (Å²) in [5, 5.41) is 0.855. The van der Waals surface area contributed by atoms with E-state index in [4.69, 9.17) is 4.42 Å². The monoisotopic (exact) mass is 327 g/mol. The van der Waals surface area contributed by atoms with Gasteiger partial charge in [-0.15, -0.1) is 0 Å². The van der Waals surface area contributed by atoms with E-state index in [1.54, 1.807) is 12.1 Å². The summed E-state index contributed by atoms with van der Waals surface area (Å²) in [5.41, 5.74) is 1.40. The number of para-hydroxylation sites is 1. The third-order valence-electron chi connectivity index (χ3n) is 2.83. The number of nitrogens with zero attached hydrogens (tertiary/aromatic N) is 1. The molecule has 3 rings (SSSR count). The van der Waals surface area contributed by atoms with Gasteiger partial charge in [-0.2, -0.15) is 0 Å². The average molecular weight is 328 g/mol. The lowest BCUT2D eigenvalue weighted by atomic mass is 10.2. The van der Waals surface area contributed by atoms with E-state index >= 15 is 0 Å². The normalized spacial score (nSPS) is 11.2. The van der Waals surface area contributed by atoms with Gasteiger partial charge >= 0.3 is 5.63 Å². The first-order valence-electron chi connectivity index (χ1n) is 6.05. The van der Waals surface area contributed by atoms with Gasteiger partial charge in [0.15, 0.2) is 0 Å². The highest BCUT2D eigenvalue weighted by molar-refractivity contribution is 9.10. The van der Waals surface area contributed by atoms with Gasteiger partial charge in [0.05, 0.1) is 11.3 Å². The number of rotatable bonds is 2. The second-order valence-electron chi connectivity index (χ2n) is 4.27. The topological polar surface area (TPSA) is 42.6 Å². The van der Waals surface area contributed by atoms with Gasteiger partial charge in [0.1, 0.15) is 5.58 Å². The lowest BCUT2D eigenvalue weighted by Crippen LogP contribution is -2.05. The van der Waals surface area contributed by atoms with Crippen LogP contribution in [0, 0.1) is 0 Å². The summed E-state index contributed by atoms with van der Waals surface area (Å²) in [6.07, 6.45) is 1.53. The Morgan fingerprint density at radius 3 is 2.65 bits per heavy atom. The molecule has 0 atom stereocenters. The van der Waals surface area contributed by atoms with Crippen LogP contribution in [0.5, 0.6) is 0 Å². The van der Waals surface area contributed by atoms with Gasteiger partial charge in [-0.25, -0.2) is 4.79 Å². The van der Waals surface area contributed by atoms with Gasteiger partial charge < -0.3 is 4.42 Å². The van der Waals surface area contributed by atoms with Gasteiger partial charge in [-0.05, 0) is 36.4 Å². The SMILES string of the molecule is O=c1oc2ccc(Br)cc2cc1C=Nc1ccccc1. The van der Waals surface area contributed by atoms with E-state index in [1.165, 1.54) is 6.21 Å². The van der Waals surface area contributed by atoms with Crippen LogP contribution >= 0.6 is 15.9 Å². The molecule has 3 aromatic rings. The molecule has 0 saturated carbocycles. The largest absolute Gasteiger partial charge is 0.422 e. The Kier molecular flexibility index (Phi) is 3.48. The van der Waals surface area contributed by atoms with Crippen LogP contribution in [0.2, 0.25) is 0 Å². The Hall–Kier alpha value is -2.20. The highest BCUT2D eigenvalue weighted by Crippen LogP contribution is 2.19. The number of fused-ring (bicyclic) bond motifs is 1. The highest BCUT2D eigenvalue weighted by atomic mass is 79.9. The molecule has 0 unspecified atom stereocenters. The smallest absolute Gasteiger partial charge is 0.345 e. The van der Waals surface area contributed by atoms with Crippen molar-refractivity contribution in [2.75, 3.05) is 0 Å². The average Bonchev–Trinajstić information content (AvgIpc) is 2.46. The number of benzene rings is 2. The Labute approximate surface area is 123 Å². The van der Waals surface area contributed by atoms with Gasteiger partial charge in [0.2, 0.25) is 0 Å². The molecule has 0 spiro atoms. The van der Waals surface area contributed by atoms with E-state index in [2.05, 4.69) is 20.9 Å². The quantitative estimate of drug-likeness (QED) is 0.520. The fraction of sp³-hybridized carbons (Fsp3) is 0. The molecule has 1 heterocycles. The number of hydrogen-bond donors (Lipinski definition) is 0. The molecule has 3 nitrogen and oxygen atoms in total.